The van der Waals surface area contributed by atoms with Gasteiger partial charge < -0.3 is 19.5 Å². The monoisotopic (exact) mass is 424 g/mol. The summed E-state index contributed by atoms with van der Waals surface area (Å²) >= 11 is 0. The second kappa shape index (κ2) is 8.43. The molecule has 1 heterocycles. The van der Waals surface area contributed by atoms with Crippen LogP contribution >= 0.6 is 0 Å². The van der Waals surface area contributed by atoms with Gasteiger partial charge in [0, 0.05) is 26.2 Å². The van der Waals surface area contributed by atoms with Gasteiger partial charge in [0.25, 0.3) is 0 Å². The number of ether oxygens (including phenoxy) is 3. The Hall–Kier alpha value is -3.57. The number of nitro groups is 1. The second-order valence-corrected chi connectivity index (χ2v) is 7.50. The van der Waals surface area contributed by atoms with Gasteiger partial charge in [-0.1, -0.05) is 0 Å². The van der Waals surface area contributed by atoms with Gasteiger partial charge in [0.05, 0.1) is 23.1 Å². The predicted molar refractivity (Wildman–Crippen MR) is 105 cm³/mol. The number of nitrogens with zero attached hydrogens (tertiary/aromatic N) is 3. The van der Waals surface area contributed by atoms with Crippen LogP contribution in [-0.4, -0.2) is 51.5 Å². The van der Waals surface area contributed by atoms with Crippen molar-refractivity contribution in [3.8, 4) is 5.75 Å². The number of nitro benzene ring substituents is 1. The minimum Gasteiger partial charge on any atom is -0.484 e. The van der Waals surface area contributed by atoms with Crippen molar-refractivity contribution in [1.82, 2.24) is 14.5 Å². The van der Waals surface area contributed by atoms with Crippen molar-refractivity contribution in [1.29, 1.82) is 0 Å². The molecule has 0 spiro atoms. The fourth-order valence-electron chi connectivity index (χ4n) is 2.71. The van der Waals surface area contributed by atoms with E-state index in [0.29, 0.717) is 11.0 Å². The third-order valence-corrected chi connectivity index (χ3v) is 4.13. The zero-order valence-corrected chi connectivity index (χ0v) is 17.5. The van der Waals surface area contributed by atoms with Crippen molar-refractivity contribution in [2.75, 3.05) is 13.7 Å². The van der Waals surface area contributed by atoms with Crippen molar-refractivity contribution in [2.45, 2.75) is 32.4 Å². The summed E-state index contributed by atoms with van der Waals surface area (Å²) < 4.78 is 17.8. The summed E-state index contributed by atoms with van der Waals surface area (Å²) in [7, 11) is 4.13. The zero-order valence-electron chi connectivity index (χ0n) is 17.5. The standard InChI is InChI=1S/C18H24N4O8/c1-18(2,3)30-16(24)19-10(15(23)28-6)9-29-14-8-12-11(7-13(14)22(26)27)20(4)17(25)21(12)5/h7-8,10H,9H2,1-6H3,(H,19,24)/t10-/m0/s1. The van der Waals surface area contributed by atoms with Crippen LogP contribution in [0.1, 0.15) is 20.8 Å². The van der Waals surface area contributed by atoms with E-state index in [1.54, 1.807) is 20.8 Å². The Balaban J connectivity index is 2.34. The van der Waals surface area contributed by atoms with Gasteiger partial charge in [-0.2, -0.15) is 0 Å². The number of aromatic nitrogens is 2. The Morgan fingerprint density at radius 2 is 1.77 bits per heavy atom. The van der Waals surface area contributed by atoms with Crippen LogP contribution in [0.4, 0.5) is 10.5 Å². The van der Waals surface area contributed by atoms with E-state index < -0.39 is 40.9 Å². The molecule has 0 fully saturated rings. The van der Waals surface area contributed by atoms with Crippen LogP contribution in [0, 0.1) is 10.1 Å². The van der Waals surface area contributed by atoms with Gasteiger partial charge in [0.1, 0.15) is 12.2 Å². The van der Waals surface area contributed by atoms with E-state index in [2.05, 4.69) is 10.1 Å². The van der Waals surface area contributed by atoms with Gasteiger partial charge in [-0.3, -0.25) is 19.2 Å². The first-order chi connectivity index (χ1) is 13.9. The number of nitrogens with one attached hydrogen (secondary N) is 1. The summed E-state index contributed by atoms with van der Waals surface area (Å²) in [6, 6.07) is 1.26. The van der Waals surface area contributed by atoms with Crippen molar-refractivity contribution in [2.24, 2.45) is 14.1 Å². The number of imidazole rings is 1. The molecule has 0 saturated heterocycles. The van der Waals surface area contributed by atoms with Gasteiger partial charge in [0.15, 0.2) is 11.8 Å². The number of methoxy groups -OCH3 is 1. The number of benzene rings is 1. The van der Waals surface area contributed by atoms with E-state index in [9.17, 15) is 24.5 Å². The topological polar surface area (TPSA) is 144 Å². The number of hydrogen-bond donors (Lipinski definition) is 1. The molecule has 1 N–H and O–H groups in total. The number of alkyl carbamates (subject to hydrolysis) is 1. The largest absolute Gasteiger partial charge is 0.484 e. The zero-order chi connectivity index (χ0) is 22.8. The Kier molecular flexibility index (Phi) is 6.38. The molecule has 12 nitrogen and oxygen atoms in total. The molecule has 0 unspecified atom stereocenters. The van der Waals surface area contributed by atoms with E-state index in [4.69, 9.17) is 9.47 Å². The van der Waals surface area contributed by atoms with Crippen LogP contribution in [0.5, 0.6) is 5.75 Å². The molecule has 0 aliphatic heterocycles. The Bertz CT molecular complexity index is 1050. The quantitative estimate of drug-likeness (QED) is 0.414. The number of aryl methyl sites for hydroxylation is 2. The molecule has 2 aromatic rings. The van der Waals surface area contributed by atoms with E-state index in [-0.39, 0.29) is 11.4 Å². The van der Waals surface area contributed by atoms with Gasteiger partial charge in [-0.15, -0.1) is 0 Å². The molecule has 30 heavy (non-hydrogen) atoms. The van der Waals surface area contributed by atoms with Crippen LogP contribution < -0.4 is 15.7 Å². The minimum absolute atomic E-state index is 0.173. The molecule has 1 atom stereocenters. The molecule has 0 bridgehead atoms. The normalized spacial score (nSPS) is 12.3. The lowest BCUT2D eigenvalue weighted by Crippen LogP contribution is -2.47. The fourth-order valence-corrected chi connectivity index (χ4v) is 2.71. The maximum absolute atomic E-state index is 12.1. The van der Waals surface area contributed by atoms with Gasteiger partial charge >= 0.3 is 23.4 Å². The number of esters is 1. The van der Waals surface area contributed by atoms with Crippen molar-refractivity contribution in [3.05, 3.63) is 32.7 Å². The molecular formula is C18H24N4O8. The second-order valence-electron chi connectivity index (χ2n) is 7.50. The van der Waals surface area contributed by atoms with Gasteiger partial charge in [-0.25, -0.2) is 14.4 Å². The number of amides is 1. The number of carbonyl (C=O) groups excluding carboxylic acids is 2. The summed E-state index contributed by atoms with van der Waals surface area (Å²) in [6.45, 7) is 4.50. The summed E-state index contributed by atoms with van der Waals surface area (Å²) in [5.41, 5.74) is -0.816. The third kappa shape index (κ3) is 4.88. The average molecular weight is 424 g/mol. The number of fused-ring (bicyclic) bond motifs is 1. The van der Waals surface area contributed by atoms with E-state index in [1.807, 2.05) is 0 Å². The van der Waals surface area contributed by atoms with Crippen LogP contribution in [0.2, 0.25) is 0 Å². The van der Waals surface area contributed by atoms with Gasteiger partial charge in [0.2, 0.25) is 0 Å². The lowest BCUT2D eigenvalue weighted by Gasteiger charge is -2.22. The van der Waals surface area contributed by atoms with Gasteiger partial charge in [-0.05, 0) is 20.8 Å². The first kappa shape index (κ1) is 22.7. The highest BCUT2D eigenvalue weighted by atomic mass is 16.6. The highest BCUT2D eigenvalue weighted by molar-refractivity contribution is 5.83. The number of rotatable bonds is 6. The fraction of sp³-hybridized carbons (Fsp3) is 0.500. The average Bonchev–Trinajstić information content (AvgIpc) is 2.86. The van der Waals surface area contributed by atoms with Crippen LogP contribution in [0.3, 0.4) is 0 Å². The molecule has 1 aromatic carbocycles. The SMILES string of the molecule is COC(=O)[C@H](COc1cc2c(cc1[N+](=O)[O-])n(C)c(=O)n2C)NC(=O)OC(C)(C)C. The molecule has 2 rings (SSSR count). The molecule has 0 saturated carbocycles. The molecule has 0 radical (unpaired) electrons. The highest BCUT2D eigenvalue weighted by Crippen LogP contribution is 2.31. The van der Waals surface area contributed by atoms with E-state index >= 15 is 0 Å². The lowest BCUT2D eigenvalue weighted by atomic mass is 10.2. The molecule has 0 aliphatic carbocycles. The Morgan fingerprint density at radius 1 is 1.20 bits per heavy atom. The summed E-state index contributed by atoms with van der Waals surface area (Å²) in [5, 5.41) is 13.8. The summed E-state index contributed by atoms with van der Waals surface area (Å²) in [4.78, 5) is 46.9. The first-order valence-electron chi connectivity index (χ1n) is 8.89. The molecule has 1 amide bonds. The van der Waals surface area contributed by atoms with Crippen LogP contribution in [0.25, 0.3) is 11.0 Å². The van der Waals surface area contributed by atoms with E-state index in [0.717, 1.165) is 7.11 Å². The maximum Gasteiger partial charge on any atom is 0.408 e. The maximum atomic E-state index is 12.1. The molecule has 12 heteroatoms. The number of carbonyl (C=O) groups is 2. The van der Waals surface area contributed by atoms with Crippen LogP contribution in [0.15, 0.2) is 16.9 Å². The van der Waals surface area contributed by atoms with Crippen LogP contribution in [-0.2, 0) is 28.4 Å². The molecule has 164 valence electrons. The summed E-state index contributed by atoms with van der Waals surface area (Å²) in [6.07, 6.45) is -0.878. The molecular weight excluding hydrogens is 400 g/mol. The van der Waals surface area contributed by atoms with E-state index in [1.165, 1.54) is 35.4 Å². The predicted octanol–water partition coefficient (Wildman–Crippen LogP) is 1.23. The number of hydrogen-bond acceptors (Lipinski definition) is 8. The first-order valence-corrected chi connectivity index (χ1v) is 8.89. The molecule has 0 aliphatic rings. The van der Waals surface area contributed by atoms with Crippen molar-refractivity contribution in [3.63, 3.8) is 0 Å². The summed E-state index contributed by atoms with van der Waals surface area (Å²) in [5.74, 6) is -0.995. The highest BCUT2D eigenvalue weighted by Gasteiger charge is 2.28. The molecule has 1 aromatic heterocycles. The Morgan fingerprint density at radius 3 is 2.27 bits per heavy atom. The third-order valence-electron chi connectivity index (χ3n) is 4.13. The lowest BCUT2D eigenvalue weighted by molar-refractivity contribution is -0.385. The van der Waals surface area contributed by atoms with Crippen molar-refractivity contribution >= 4 is 28.8 Å². The smallest absolute Gasteiger partial charge is 0.408 e. The van der Waals surface area contributed by atoms with Crippen molar-refractivity contribution < 1.29 is 28.7 Å². The minimum atomic E-state index is -1.28. The Labute approximate surface area is 171 Å².